The van der Waals surface area contributed by atoms with Crippen LogP contribution in [0.25, 0.3) is 0 Å². The largest absolute Gasteiger partial charge is 0.490 e. The Hall–Kier alpha value is -2.09. The number of rotatable bonds is 7. The van der Waals surface area contributed by atoms with Gasteiger partial charge in [0.15, 0.2) is 0 Å². The van der Waals surface area contributed by atoms with Crippen molar-refractivity contribution in [2.24, 2.45) is 0 Å². The van der Waals surface area contributed by atoms with Gasteiger partial charge in [0, 0.05) is 20.6 Å². The standard InChI is InChI=1S/C22H27ClN2O4S/c1-25(2)30(27,28)19-12-13-21(23)20(14-19)22(26)24-15-16-8-10-18(11-9-16)29-17-6-4-3-5-7-17/h8-14,17H,3-7,15H2,1-2H3,(H,24,26). The van der Waals surface area contributed by atoms with E-state index >= 15 is 0 Å². The second kappa shape index (κ2) is 9.81. The third-order valence-corrected chi connectivity index (χ3v) is 7.33. The molecule has 0 spiro atoms. The first kappa shape index (κ1) is 22.6. The van der Waals surface area contributed by atoms with E-state index in [-0.39, 0.29) is 21.6 Å². The molecule has 0 aromatic heterocycles. The highest BCUT2D eigenvalue weighted by molar-refractivity contribution is 7.89. The monoisotopic (exact) mass is 450 g/mol. The van der Waals surface area contributed by atoms with Crippen LogP contribution < -0.4 is 10.1 Å². The molecule has 30 heavy (non-hydrogen) atoms. The Morgan fingerprint density at radius 1 is 1.10 bits per heavy atom. The SMILES string of the molecule is CN(C)S(=O)(=O)c1ccc(Cl)c(C(=O)NCc2ccc(OC3CCCCC3)cc2)c1. The van der Waals surface area contributed by atoms with Gasteiger partial charge in [0.05, 0.1) is 21.6 Å². The summed E-state index contributed by atoms with van der Waals surface area (Å²) in [6, 6.07) is 11.7. The molecule has 2 aromatic rings. The fourth-order valence-electron chi connectivity index (χ4n) is 3.39. The van der Waals surface area contributed by atoms with Crippen LogP contribution in [0.4, 0.5) is 0 Å². The van der Waals surface area contributed by atoms with Crippen LogP contribution in [0.3, 0.4) is 0 Å². The number of sulfonamides is 1. The Balaban J connectivity index is 1.62. The van der Waals surface area contributed by atoms with E-state index in [0.717, 1.165) is 28.5 Å². The lowest BCUT2D eigenvalue weighted by atomic mass is 9.98. The van der Waals surface area contributed by atoms with Crippen molar-refractivity contribution in [3.63, 3.8) is 0 Å². The Bertz CT molecular complexity index is 985. The molecule has 1 N–H and O–H groups in total. The first-order valence-corrected chi connectivity index (χ1v) is 11.8. The van der Waals surface area contributed by atoms with Crippen LogP contribution in [0.15, 0.2) is 47.4 Å². The van der Waals surface area contributed by atoms with E-state index in [2.05, 4.69) is 5.32 Å². The summed E-state index contributed by atoms with van der Waals surface area (Å²) in [5.41, 5.74) is 1.03. The van der Waals surface area contributed by atoms with E-state index in [1.54, 1.807) is 0 Å². The van der Waals surface area contributed by atoms with Crippen LogP contribution in [-0.4, -0.2) is 38.8 Å². The van der Waals surface area contributed by atoms with Crippen molar-refractivity contribution < 1.29 is 17.9 Å². The maximum absolute atomic E-state index is 12.6. The molecule has 0 unspecified atom stereocenters. The summed E-state index contributed by atoms with van der Waals surface area (Å²) in [5.74, 6) is 0.403. The zero-order chi connectivity index (χ0) is 21.7. The molecule has 0 atom stereocenters. The molecule has 6 nitrogen and oxygen atoms in total. The van der Waals surface area contributed by atoms with Crippen LogP contribution >= 0.6 is 11.6 Å². The molecule has 2 aromatic carbocycles. The van der Waals surface area contributed by atoms with Gasteiger partial charge < -0.3 is 10.1 Å². The number of nitrogens with zero attached hydrogens (tertiary/aromatic N) is 1. The molecule has 1 fully saturated rings. The summed E-state index contributed by atoms with van der Waals surface area (Å²) in [5, 5.41) is 2.99. The molecule has 3 rings (SSSR count). The summed E-state index contributed by atoms with van der Waals surface area (Å²) >= 11 is 6.13. The summed E-state index contributed by atoms with van der Waals surface area (Å²) < 4.78 is 31.7. The van der Waals surface area contributed by atoms with E-state index in [0.29, 0.717) is 6.54 Å². The van der Waals surface area contributed by atoms with Gasteiger partial charge in [-0.2, -0.15) is 0 Å². The van der Waals surface area contributed by atoms with Gasteiger partial charge in [-0.1, -0.05) is 30.2 Å². The lowest BCUT2D eigenvalue weighted by molar-refractivity contribution is 0.0951. The highest BCUT2D eigenvalue weighted by atomic mass is 35.5. The van der Waals surface area contributed by atoms with Gasteiger partial charge >= 0.3 is 0 Å². The number of ether oxygens (including phenoxy) is 1. The van der Waals surface area contributed by atoms with Gasteiger partial charge in [-0.05, 0) is 61.6 Å². The van der Waals surface area contributed by atoms with Crippen molar-refractivity contribution >= 4 is 27.5 Å². The smallest absolute Gasteiger partial charge is 0.253 e. The summed E-state index contributed by atoms with van der Waals surface area (Å²) in [6.07, 6.45) is 6.20. The van der Waals surface area contributed by atoms with Crippen LogP contribution in [0.1, 0.15) is 48.0 Å². The van der Waals surface area contributed by atoms with Crippen LogP contribution in [0.2, 0.25) is 5.02 Å². The number of benzene rings is 2. The summed E-state index contributed by atoms with van der Waals surface area (Å²) in [7, 11) is -0.781. The maximum Gasteiger partial charge on any atom is 0.253 e. The number of halogens is 1. The Morgan fingerprint density at radius 2 is 1.77 bits per heavy atom. The highest BCUT2D eigenvalue weighted by Crippen LogP contribution is 2.24. The van der Waals surface area contributed by atoms with Gasteiger partial charge in [0.2, 0.25) is 10.0 Å². The number of carbonyl (C=O) groups is 1. The number of amides is 1. The summed E-state index contributed by atoms with van der Waals surface area (Å²) in [4.78, 5) is 12.6. The fourth-order valence-corrected chi connectivity index (χ4v) is 4.52. The van der Waals surface area contributed by atoms with E-state index in [4.69, 9.17) is 16.3 Å². The zero-order valence-electron chi connectivity index (χ0n) is 17.2. The number of carbonyl (C=O) groups excluding carboxylic acids is 1. The van der Waals surface area contributed by atoms with Crippen LogP contribution in [-0.2, 0) is 16.6 Å². The van der Waals surface area contributed by atoms with Gasteiger partial charge in [0.25, 0.3) is 5.91 Å². The van der Waals surface area contributed by atoms with E-state index in [1.165, 1.54) is 51.6 Å². The summed E-state index contributed by atoms with van der Waals surface area (Å²) in [6.45, 7) is 0.295. The second-order valence-electron chi connectivity index (χ2n) is 7.63. The average Bonchev–Trinajstić information content (AvgIpc) is 2.74. The van der Waals surface area contributed by atoms with E-state index < -0.39 is 15.9 Å². The molecule has 0 heterocycles. The minimum Gasteiger partial charge on any atom is -0.490 e. The van der Waals surface area contributed by atoms with Crippen molar-refractivity contribution in [2.45, 2.75) is 49.6 Å². The van der Waals surface area contributed by atoms with Crippen molar-refractivity contribution in [3.05, 3.63) is 58.6 Å². The predicted molar refractivity (Wildman–Crippen MR) is 117 cm³/mol. The molecule has 0 saturated heterocycles. The van der Waals surface area contributed by atoms with E-state index in [9.17, 15) is 13.2 Å². The van der Waals surface area contributed by atoms with Crippen LogP contribution in [0.5, 0.6) is 5.75 Å². The number of hydrogen-bond acceptors (Lipinski definition) is 4. The third-order valence-electron chi connectivity index (χ3n) is 5.19. The fraction of sp³-hybridized carbons (Fsp3) is 0.409. The minimum atomic E-state index is -3.65. The number of hydrogen-bond donors (Lipinski definition) is 1. The molecular weight excluding hydrogens is 424 g/mol. The molecule has 1 amide bonds. The van der Waals surface area contributed by atoms with Crippen molar-refractivity contribution in [3.8, 4) is 5.75 Å². The van der Waals surface area contributed by atoms with Crippen molar-refractivity contribution in [2.75, 3.05) is 14.1 Å². The quantitative estimate of drug-likeness (QED) is 0.684. The van der Waals surface area contributed by atoms with Gasteiger partial charge in [-0.15, -0.1) is 0 Å². The van der Waals surface area contributed by atoms with Gasteiger partial charge in [0.1, 0.15) is 5.75 Å². The van der Waals surface area contributed by atoms with Crippen molar-refractivity contribution in [1.82, 2.24) is 9.62 Å². The predicted octanol–water partition coefficient (Wildman–Crippen LogP) is 4.23. The van der Waals surface area contributed by atoms with Crippen LogP contribution in [0, 0.1) is 0 Å². The molecule has 0 aliphatic heterocycles. The first-order valence-electron chi connectivity index (χ1n) is 10.0. The number of nitrogens with one attached hydrogen (secondary N) is 1. The molecule has 1 aliphatic carbocycles. The van der Waals surface area contributed by atoms with Crippen molar-refractivity contribution in [1.29, 1.82) is 0 Å². The van der Waals surface area contributed by atoms with Gasteiger partial charge in [-0.3, -0.25) is 4.79 Å². The molecule has 0 bridgehead atoms. The van der Waals surface area contributed by atoms with Gasteiger partial charge in [-0.25, -0.2) is 12.7 Å². The highest BCUT2D eigenvalue weighted by Gasteiger charge is 2.21. The molecule has 8 heteroatoms. The molecule has 1 aliphatic rings. The molecule has 162 valence electrons. The average molecular weight is 451 g/mol. The first-order chi connectivity index (χ1) is 14.3. The molecule has 1 saturated carbocycles. The Labute approximate surface area is 183 Å². The Kier molecular flexibility index (Phi) is 7.39. The molecule has 0 radical (unpaired) electrons. The normalized spacial score (nSPS) is 15.2. The Morgan fingerprint density at radius 3 is 2.40 bits per heavy atom. The lowest BCUT2D eigenvalue weighted by Gasteiger charge is -2.23. The molecular formula is C22H27ClN2O4S. The minimum absolute atomic E-state index is 0.0197. The topological polar surface area (TPSA) is 75.7 Å². The zero-order valence-corrected chi connectivity index (χ0v) is 18.8. The maximum atomic E-state index is 12.6. The lowest BCUT2D eigenvalue weighted by Crippen LogP contribution is -2.25. The van der Waals surface area contributed by atoms with E-state index in [1.807, 2.05) is 24.3 Å². The third kappa shape index (κ3) is 5.53. The second-order valence-corrected chi connectivity index (χ2v) is 10.2.